The number of rotatable bonds is 5. The molecule has 0 amide bonds. The summed E-state index contributed by atoms with van der Waals surface area (Å²) in [4.78, 5) is 0. The number of benzene rings is 2. The number of halogens is 1. The maximum Gasteiger partial charge on any atom is 0.255 e. The van der Waals surface area contributed by atoms with Crippen molar-refractivity contribution in [3.8, 4) is 5.69 Å². The van der Waals surface area contributed by atoms with Crippen molar-refractivity contribution in [1.82, 2.24) is 20.2 Å². The molecule has 1 heterocycles. The Hall–Kier alpha value is -2.71. The first-order valence-electron chi connectivity index (χ1n) is 6.82. The van der Waals surface area contributed by atoms with Gasteiger partial charge in [0.25, 0.3) is 10.0 Å². The Morgan fingerprint density at radius 2 is 1.75 bits per heavy atom. The molecule has 0 radical (unpaired) electrons. The molecule has 0 saturated heterocycles. The summed E-state index contributed by atoms with van der Waals surface area (Å²) in [6, 6.07) is 13.5. The molecular weight excluding hydrogens is 350 g/mol. The highest BCUT2D eigenvalue weighted by atomic mass is 35.5. The molecule has 1 N–H and O–H groups in total. The topological polar surface area (TPSA) is 89.8 Å². The average molecular weight is 362 g/mol. The fraction of sp³-hybridized carbons (Fsp3) is 0. The van der Waals surface area contributed by atoms with E-state index < -0.39 is 10.0 Å². The summed E-state index contributed by atoms with van der Waals surface area (Å²) in [6.07, 6.45) is 2.95. The third-order valence-corrected chi connectivity index (χ3v) is 4.32. The lowest BCUT2D eigenvalue weighted by atomic mass is 10.2. The molecule has 0 aliphatic heterocycles. The Labute approximate surface area is 143 Å². The fourth-order valence-electron chi connectivity index (χ4n) is 1.90. The second-order valence-corrected chi connectivity index (χ2v) is 6.81. The number of tetrazole rings is 1. The quantitative estimate of drug-likeness (QED) is 0.754. The molecule has 0 bridgehead atoms. The van der Waals surface area contributed by atoms with E-state index in [4.69, 9.17) is 11.6 Å². The van der Waals surface area contributed by atoms with Crippen molar-refractivity contribution >= 4 is 33.4 Å². The number of anilines is 1. The van der Waals surface area contributed by atoms with E-state index in [1.54, 1.807) is 48.5 Å². The monoisotopic (exact) mass is 361 g/mol. The molecule has 0 atom stereocenters. The summed E-state index contributed by atoms with van der Waals surface area (Å²) < 4.78 is 28.1. The molecule has 0 spiro atoms. The van der Waals surface area contributed by atoms with Gasteiger partial charge in [0, 0.05) is 10.7 Å². The van der Waals surface area contributed by atoms with E-state index in [2.05, 4.69) is 20.2 Å². The molecule has 9 heteroatoms. The molecular formula is C15H12ClN5O2S. The van der Waals surface area contributed by atoms with Gasteiger partial charge in [-0.25, -0.2) is 13.1 Å². The first kappa shape index (κ1) is 16.2. The summed E-state index contributed by atoms with van der Waals surface area (Å²) in [5.41, 5.74) is 1.89. The first-order valence-corrected chi connectivity index (χ1v) is 8.74. The molecule has 3 aromatic rings. The van der Waals surface area contributed by atoms with E-state index in [1.165, 1.54) is 17.1 Å². The highest BCUT2D eigenvalue weighted by Crippen LogP contribution is 2.15. The lowest BCUT2D eigenvalue weighted by Gasteiger charge is -2.05. The molecule has 1 aromatic heterocycles. The van der Waals surface area contributed by atoms with Gasteiger partial charge in [0.1, 0.15) is 6.33 Å². The molecule has 3 rings (SSSR count). The summed E-state index contributed by atoms with van der Waals surface area (Å²) in [5.74, 6) is 0. The van der Waals surface area contributed by atoms with Crippen LogP contribution in [0.25, 0.3) is 11.8 Å². The van der Waals surface area contributed by atoms with Crippen LogP contribution in [0.15, 0.2) is 60.3 Å². The van der Waals surface area contributed by atoms with Crippen LogP contribution in [-0.4, -0.2) is 28.6 Å². The molecule has 0 fully saturated rings. The standard InChI is InChI=1S/C15H12ClN5O2S/c16-13-3-1-12(2-4-13)9-10-24(22,23)18-14-5-7-15(8-6-14)21-11-17-19-20-21/h1-11,18H/b10-9+. The third kappa shape index (κ3) is 4.18. The number of sulfonamides is 1. The predicted molar refractivity (Wildman–Crippen MR) is 92.2 cm³/mol. The first-order chi connectivity index (χ1) is 11.5. The van der Waals surface area contributed by atoms with Crippen LogP contribution in [-0.2, 0) is 10.0 Å². The molecule has 122 valence electrons. The number of hydrogen-bond acceptors (Lipinski definition) is 5. The van der Waals surface area contributed by atoms with Crippen LogP contribution >= 0.6 is 11.6 Å². The van der Waals surface area contributed by atoms with Crippen molar-refractivity contribution in [3.05, 3.63) is 70.9 Å². The lowest BCUT2D eigenvalue weighted by molar-refractivity contribution is 0.609. The summed E-state index contributed by atoms with van der Waals surface area (Å²) in [7, 11) is -3.62. The third-order valence-electron chi connectivity index (χ3n) is 3.05. The maximum atomic E-state index is 12.1. The van der Waals surface area contributed by atoms with Crippen molar-refractivity contribution in [2.24, 2.45) is 0 Å². The number of aromatic nitrogens is 4. The minimum Gasteiger partial charge on any atom is -0.280 e. The second-order valence-electron chi connectivity index (χ2n) is 4.80. The largest absolute Gasteiger partial charge is 0.280 e. The van der Waals surface area contributed by atoms with Crippen LogP contribution < -0.4 is 4.72 Å². The summed E-state index contributed by atoms with van der Waals surface area (Å²) >= 11 is 5.79. The zero-order valence-electron chi connectivity index (χ0n) is 12.2. The van der Waals surface area contributed by atoms with Gasteiger partial charge >= 0.3 is 0 Å². The highest BCUT2D eigenvalue weighted by Gasteiger charge is 2.06. The second kappa shape index (κ2) is 6.81. The van der Waals surface area contributed by atoms with Gasteiger partial charge in [0.2, 0.25) is 0 Å². The van der Waals surface area contributed by atoms with E-state index in [1.807, 2.05) is 0 Å². The fourth-order valence-corrected chi connectivity index (χ4v) is 2.90. The summed E-state index contributed by atoms with van der Waals surface area (Å²) in [6.45, 7) is 0. The smallest absolute Gasteiger partial charge is 0.255 e. The van der Waals surface area contributed by atoms with Gasteiger partial charge in [0.05, 0.1) is 11.1 Å². The van der Waals surface area contributed by atoms with Gasteiger partial charge in [-0.15, -0.1) is 5.10 Å². The van der Waals surface area contributed by atoms with Crippen molar-refractivity contribution in [2.45, 2.75) is 0 Å². The van der Waals surface area contributed by atoms with Crippen LogP contribution in [0.2, 0.25) is 5.02 Å². The predicted octanol–water partition coefficient (Wildman–Crippen LogP) is 2.73. The van der Waals surface area contributed by atoms with Crippen molar-refractivity contribution in [3.63, 3.8) is 0 Å². The van der Waals surface area contributed by atoms with Crippen LogP contribution in [0.4, 0.5) is 5.69 Å². The van der Waals surface area contributed by atoms with Gasteiger partial charge in [-0.3, -0.25) is 4.72 Å². The molecule has 0 unspecified atom stereocenters. The van der Waals surface area contributed by atoms with E-state index in [9.17, 15) is 8.42 Å². The van der Waals surface area contributed by atoms with Crippen molar-refractivity contribution < 1.29 is 8.42 Å². The average Bonchev–Trinajstić information content (AvgIpc) is 3.09. The van der Waals surface area contributed by atoms with E-state index in [-0.39, 0.29) is 0 Å². The number of hydrogen-bond donors (Lipinski definition) is 1. The van der Waals surface area contributed by atoms with Gasteiger partial charge in [0.15, 0.2) is 0 Å². The Balaban J connectivity index is 1.71. The number of nitrogens with one attached hydrogen (secondary N) is 1. The molecule has 2 aromatic carbocycles. The van der Waals surface area contributed by atoms with Crippen LogP contribution in [0.5, 0.6) is 0 Å². The van der Waals surface area contributed by atoms with E-state index >= 15 is 0 Å². The Morgan fingerprint density at radius 3 is 2.38 bits per heavy atom. The molecule has 0 saturated carbocycles. The van der Waals surface area contributed by atoms with Crippen molar-refractivity contribution in [2.75, 3.05) is 4.72 Å². The maximum absolute atomic E-state index is 12.1. The minimum atomic E-state index is -3.62. The van der Waals surface area contributed by atoms with Gasteiger partial charge in [-0.05, 0) is 58.5 Å². The molecule has 24 heavy (non-hydrogen) atoms. The normalized spacial score (nSPS) is 11.7. The van der Waals surface area contributed by atoms with Crippen molar-refractivity contribution in [1.29, 1.82) is 0 Å². The molecule has 0 aliphatic carbocycles. The van der Waals surface area contributed by atoms with E-state index in [0.29, 0.717) is 10.7 Å². The Kier molecular flexibility index (Phi) is 4.59. The lowest BCUT2D eigenvalue weighted by Crippen LogP contribution is -2.08. The van der Waals surface area contributed by atoms with Gasteiger partial charge < -0.3 is 0 Å². The number of nitrogens with zero attached hydrogens (tertiary/aromatic N) is 4. The zero-order chi connectivity index (χ0) is 17.0. The highest BCUT2D eigenvalue weighted by molar-refractivity contribution is 7.95. The van der Waals surface area contributed by atoms with Gasteiger partial charge in [-0.2, -0.15) is 0 Å². The molecule has 0 aliphatic rings. The zero-order valence-corrected chi connectivity index (χ0v) is 13.8. The van der Waals surface area contributed by atoms with Crippen LogP contribution in [0.1, 0.15) is 5.56 Å². The Bertz CT molecular complexity index is 937. The SMILES string of the molecule is O=S(=O)(/C=C/c1ccc(Cl)cc1)Nc1ccc(-n2cnnn2)cc1. The molecule has 7 nitrogen and oxygen atoms in total. The minimum absolute atomic E-state index is 0.438. The van der Waals surface area contributed by atoms with E-state index in [0.717, 1.165) is 16.7 Å². The summed E-state index contributed by atoms with van der Waals surface area (Å²) in [5, 5.41) is 12.5. The van der Waals surface area contributed by atoms with Gasteiger partial charge in [-0.1, -0.05) is 23.7 Å². The van der Waals surface area contributed by atoms with Crippen LogP contribution in [0.3, 0.4) is 0 Å². The Morgan fingerprint density at radius 1 is 1.04 bits per heavy atom. The van der Waals surface area contributed by atoms with Crippen LogP contribution in [0, 0.1) is 0 Å².